The summed E-state index contributed by atoms with van der Waals surface area (Å²) in [6, 6.07) is 6.50. The average molecular weight is 258 g/mol. The Morgan fingerprint density at radius 1 is 1.32 bits per heavy atom. The van der Waals surface area contributed by atoms with E-state index >= 15 is 0 Å². The van der Waals surface area contributed by atoms with Gasteiger partial charge in [-0.3, -0.25) is 9.59 Å². The van der Waals surface area contributed by atoms with Gasteiger partial charge in [-0.2, -0.15) is 0 Å². The van der Waals surface area contributed by atoms with Gasteiger partial charge < -0.3 is 15.0 Å². The molecule has 19 heavy (non-hydrogen) atoms. The number of benzene rings is 1. The van der Waals surface area contributed by atoms with Crippen LogP contribution in [0, 0.1) is 6.92 Å². The molecule has 2 aromatic rings. The zero-order valence-electron chi connectivity index (χ0n) is 10.7. The fourth-order valence-electron chi connectivity index (χ4n) is 1.72. The molecule has 2 rings (SSSR count). The molecule has 0 saturated carbocycles. The second-order valence-corrected chi connectivity index (χ2v) is 4.06. The van der Waals surface area contributed by atoms with E-state index in [1.807, 2.05) is 6.92 Å². The van der Waals surface area contributed by atoms with Crippen LogP contribution in [0.4, 0.5) is 5.69 Å². The van der Waals surface area contributed by atoms with Crippen molar-refractivity contribution in [1.82, 2.24) is 4.98 Å². The summed E-state index contributed by atoms with van der Waals surface area (Å²) in [5.74, 6) is 0.364. The van der Waals surface area contributed by atoms with E-state index in [0.29, 0.717) is 11.3 Å². The van der Waals surface area contributed by atoms with Crippen LogP contribution in [-0.4, -0.2) is 18.0 Å². The molecule has 0 unspecified atom stereocenters. The molecule has 0 radical (unpaired) electrons. The van der Waals surface area contributed by atoms with Crippen LogP contribution in [0.2, 0.25) is 0 Å². The Morgan fingerprint density at radius 2 is 2.11 bits per heavy atom. The van der Waals surface area contributed by atoms with Crippen molar-refractivity contribution in [2.75, 3.05) is 12.4 Å². The number of carbonyl (C=O) groups excluding carboxylic acids is 1. The molecule has 1 heterocycles. The maximum absolute atomic E-state index is 12.1. The van der Waals surface area contributed by atoms with Crippen LogP contribution in [0.1, 0.15) is 15.9 Å². The lowest BCUT2D eigenvalue weighted by molar-refractivity contribution is 0.102. The number of nitrogens with one attached hydrogen (secondary N) is 2. The van der Waals surface area contributed by atoms with E-state index in [2.05, 4.69) is 10.3 Å². The maximum atomic E-state index is 12.1. The number of hydrogen-bond donors (Lipinski definition) is 2. The van der Waals surface area contributed by atoms with Crippen LogP contribution >= 0.6 is 0 Å². The number of hydrogen-bond acceptors (Lipinski definition) is 3. The minimum atomic E-state index is -0.322. The number of carbonyl (C=O) groups is 1. The Labute approximate surface area is 110 Å². The van der Waals surface area contributed by atoms with Gasteiger partial charge in [-0.1, -0.05) is 0 Å². The highest BCUT2D eigenvalue weighted by molar-refractivity contribution is 6.05. The highest BCUT2D eigenvalue weighted by atomic mass is 16.5. The lowest BCUT2D eigenvalue weighted by atomic mass is 10.1. The number of ether oxygens (including phenoxy) is 1. The van der Waals surface area contributed by atoms with Crippen LogP contribution in [0.3, 0.4) is 0 Å². The summed E-state index contributed by atoms with van der Waals surface area (Å²) in [7, 11) is 1.57. The molecule has 0 aliphatic rings. The normalized spacial score (nSPS) is 10.0. The average Bonchev–Trinajstić information content (AvgIpc) is 2.41. The van der Waals surface area contributed by atoms with Crippen molar-refractivity contribution in [3.8, 4) is 5.75 Å². The minimum Gasteiger partial charge on any atom is -0.497 e. The maximum Gasteiger partial charge on any atom is 0.256 e. The van der Waals surface area contributed by atoms with Gasteiger partial charge in [-0.25, -0.2) is 0 Å². The van der Waals surface area contributed by atoms with Crippen LogP contribution in [0.5, 0.6) is 5.75 Å². The number of rotatable bonds is 3. The van der Waals surface area contributed by atoms with E-state index in [1.54, 1.807) is 25.3 Å². The molecule has 0 aliphatic carbocycles. The smallest absolute Gasteiger partial charge is 0.256 e. The molecule has 1 aromatic heterocycles. The molecule has 0 aliphatic heterocycles. The van der Waals surface area contributed by atoms with Crippen molar-refractivity contribution < 1.29 is 9.53 Å². The van der Waals surface area contributed by atoms with Gasteiger partial charge in [-0.05, 0) is 30.7 Å². The molecule has 0 fully saturated rings. The van der Waals surface area contributed by atoms with E-state index in [0.717, 1.165) is 5.56 Å². The number of methoxy groups -OCH3 is 1. The number of pyridine rings is 1. The molecule has 0 atom stereocenters. The largest absolute Gasteiger partial charge is 0.497 e. The molecule has 98 valence electrons. The van der Waals surface area contributed by atoms with Crippen molar-refractivity contribution in [2.24, 2.45) is 0 Å². The topological polar surface area (TPSA) is 71.2 Å². The number of amides is 1. The SMILES string of the molecule is COc1ccc(C(=O)Nc2c[nH]ccc2=O)c(C)c1. The van der Waals surface area contributed by atoms with Gasteiger partial charge in [0.25, 0.3) is 5.91 Å². The zero-order chi connectivity index (χ0) is 13.8. The van der Waals surface area contributed by atoms with Crippen molar-refractivity contribution in [3.05, 3.63) is 58.0 Å². The van der Waals surface area contributed by atoms with Gasteiger partial charge in [0.15, 0.2) is 0 Å². The van der Waals surface area contributed by atoms with E-state index in [9.17, 15) is 9.59 Å². The van der Waals surface area contributed by atoms with Gasteiger partial charge >= 0.3 is 0 Å². The Balaban J connectivity index is 2.26. The third-order valence-corrected chi connectivity index (χ3v) is 2.75. The number of aromatic nitrogens is 1. The van der Waals surface area contributed by atoms with Crippen LogP contribution < -0.4 is 15.5 Å². The molecule has 0 saturated heterocycles. The summed E-state index contributed by atoms with van der Waals surface area (Å²) in [6.07, 6.45) is 2.97. The Morgan fingerprint density at radius 3 is 2.74 bits per heavy atom. The number of aryl methyl sites for hydroxylation is 1. The van der Waals surface area contributed by atoms with E-state index < -0.39 is 0 Å². The van der Waals surface area contributed by atoms with Gasteiger partial charge in [0.1, 0.15) is 11.4 Å². The minimum absolute atomic E-state index is 0.225. The van der Waals surface area contributed by atoms with Crippen LogP contribution in [0.25, 0.3) is 0 Å². The molecule has 5 heteroatoms. The number of H-pyrrole nitrogens is 1. The standard InChI is InChI=1S/C14H14N2O3/c1-9-7-10(19-2)3-4-11(9)14(18)16-12-8-15-6-5-13(12)17/h3-8H,1-2H3,(H,15,17)(H,16,18). The second-order valence-electron chi connectivity index (χ2n) is 4.06. The quantitative estimate of drug-likeness (QED) is 0.883. The van der Waals surface area contributed by atoms with Crippen molar-refractivity contribution in [2.45, 2.75) is 6.92 Å². The summed E-state index contributed by atoms with van der Waals surface area (Å²) >= 11 is 0. The lowest BCUT2D eigenvalue weighted by Crippen LogP contribution is -2.18. The molecule has 0 spiro atoms. The number of aromatic amines is 1. The van der Waals surface area contributed by atoms with Crippen LogP contribution in [-0.2, 0) is 0 Å². The molecule has 5 nitrogen and oxygen atoms in total. The van der Waals surface area contributed by atoms with Crippen LogP contribution in [0.15, 0.2) is 41.5 Å². The van der Waals surface area contributed by atoms with Crippen molar-refractivity contribution >= 4 is 11.6 Å². The molecular formula is C14H14N2O3. The highest BCUT2D eigenvalue weighted by Gasteiger charge is 2.11. The van der Waals surface area contributed by atoms with Gasteiger partial charge in [0, 0.05) is 24.0 Å². The Bertz CT molecular complexity index is 662. The summed E-state index contributed by atoms with van der Waals surface area (Å²) in [6.45, 7) is 1.81. The van der Waals surface area contributed by atoms with Crippen molar-refractivity contribution in [3.63, 3.8) is 0 Å². The van der Waals surface area contributed by atoms with Crippen molar-refractivity contribution in [1.29, 1.82) is 0 Å². The predicted molar refractivity (Wildman–Crippen MR) is 72.7 cm³/mol. The first-order valence-electron chi connectivity index (χ1n) is 5.75. The van der Waals surface area contributed by atoms with Gasteiger partial charge in [0.2, 0.25) is 5.43 Å². The molecule has 0 bridgehead atoms. The predicted octanol–water partition coefficient (Wildman–Crippen LogP) is 1.94. The van der Waals surface area contributed by atoms with E-state index in [-0.39, 0.29) is 17.0 Å². The summed E-state index contributed by atoms with van der Waals surface area (Å²) in [4.78, 5) is 26.4. The van der Waals surface area contributed by atoms with E-state index in [4.69, 9.17) is 4.74 Å². The molecule has 2 N–H and O–H groups in total. The van der Waals surface area contributed by atoms with E-state index in [1.165, 1.54) is 18.5 Å². The lowest BCUT2D eigenvalue weighted by Gasteiger charge is -2.08. The summed E-state index contributed by atoms with van der Waals surface area (Å²) < 4.78 is 5.08. The third kappa shape index (κ3) is 2.82. The zero-order valence-corrected chi connectivity index (χ0v) is 10.7. The molecule has 1 amide bonds. The molecular weight excluding hydrogens is 244 g/mol. The fraction of sp³-hybridized carbons (Fsp3) is 0.143. The first kappa shape index (κ1) is 12.9. The fourth-order valence-corrected chi connectivity index (χ4v) is 1.72. The Hall–Kier alpha value is -2.56. The highest BCUT2D eigenvalue weighted by Crippen LogP contribution is 2.17. The molecule has 1 aromatic carbocycles. The van der Waals surface area contributed by atoms with Gasteiger partial charge in [0.05, 0.1) is 7.11 Å². The third-order valence-electron chi connectivity index (χ3n) is 2.75. The van der Waals surface area contributed by atoms with Gasteiger partial charge in [-0.15, -0.1) is 0 Å². The number of anilines is 1. The summed E-state index contributed by atoms with van der Waals surface area (Å²) in [5, 5.41) is 2.58. The second kappa shape index (κ2) is 5.39. The monoisotopic (exact) mass is 258 g/mol. The summed E-state index contributed by atoms with van der Waals surface area (Å²) in [5.41, 5.74) is 1.27. The first-order chi connectivity index (χ1) is 9.11. The first-order valence-corrected chi connectivity index (χ1v) is 5.75. The Kier molecular flexibility index (Phi) is 3.66.